The predicted molar refractivity (Wildman–Crippen MR) is 149 cm³/mol. The first-order valence-corrected chi connectivity index (χ1v) is 13.4. The normalized spacial score (nSPS) is 14.9. The minimum atomic E-state index is -0.0827. The highest BCUT2D eigenvalue weighted by molar-refractivity contribution is 5.94. The fourth-order valence-electron chi connectivity index (χ4n) is 4.52. The Morgan fingerprint density at radius 1 is 0.973 bits per heavy atom. The number of hydrogen-bond donors (Lipinski definition) is 1. The van der Waals surface area contributed by atoms with Crippen LogP contribution in [-0.2, 0) is 24.2 Å². The average Bonchev–Trinajstić information content (AvgIpc) is 2.89. The molecule has 2 bridgehead atoms. The lowest BCUT2D eigenvalue weighted by Crippen LogP contribution is -2.29. The van der Waals surface area contributed by atoms with Crippen LogP contribution in [0.2, 0.25) is 0 Å². The minimum Gasteiger partial charge on any atom is -0.491 e. The molecule has 1 aliphatic rings. The zero-order chi connectivity index (χ0) is 26.0. The molecule has 0 spiro atoms. The van der Waals surface area contributed by atoms with Crippen LogP contribution < -0.4 is 10.1 Å². The number of fused-ring (bicyclic) bond motifs is 3. The minimum absolute atomic E-state index is 0.0827. The molecule has 0 atom stereocenters. The Morgan fingerprint density at radius 2 is 1.78 bits per heavy atom. The molecule has 0 saturated heterocycles. The van der Waals surface area contributed by atoms with E-state index < -0.39 is 0 Å². The summed E-state index contributed by atoms with van der Waals surface area (Å²) >= 11 is 0. The van der Waals surface area contributed by atoms with Gasteiger partial charge in [0, 0.05) is 31.6 Å². The van der Waals surface area contributed by atoms with E-state index in [0.29, 0.717) is 44.3 Å². The maximum atomic E-state index is 13.0. The van der Waals surface area contributed by atoms with E-state index in [1.54, 1.807) is 0 Å². The SMILES string of the molecule is Cc1ccc(CNC(=O)c2ccc3c(c2)Cc2cccc(c2)CN(CCC(C)C)CCOCCO3)cc1. The number of carbonyl (C=O) groups excluding carboxylic acids is 1. The van der Waals surface area contributed by atoms with Crippen molar-refractivity contribution in [2.24, 2.45) is 5.92 Å². The summed E-state index contributed by atoms with van der Waals surface area (Å²) in [5.74, 6) is 1.40. The Kier molecular flexibility index (Phi) is 9.75. The number of carbonyl (C=O) groups is 1. The van der Waals surface area contributed by atoms with Crippen molar-refractivity contribution >= 4 is 5.91 Å². The molecule has 5 nitrogen and oxygen atoms in total. The van der Waals surface area contributed by atoms with Crippen LogP contribution in [-0.4, -0.2) is 43.7 Å². The number of aryl methyl sites for hydroxylation is 1. The van der Waals surface area contributed by atoms with Crippen LogP contribution >= 0.6 is 0 Å². The number of amides is 1. The van der Waals surface area contributed by atoms with E-state index in [-0.39, 0.29) is 5.91 Å². The van der Waals surface area contributed by atoms with Crippen LogP contribution in [0.3, 0.4) is 0 Å². The van der Waals surface area contributed by atoms with Crippen LogP contribution in [0.15, 0.2) is 66.7 Å². The summed E-state index contributed by atoms with van der Waals surface area (Å²) in [6, 6.07) is 22.7. The van der Waals surface area contributed by atoms with Gasteiger partial charge in [0.2, 0.25) is 0 Å². The molecule has 1 heterocycles. The average molecular weight is 501 g/mol. The molecule has 37 heavy (non-hydrogen) atoms. The van der Waals surface area contributed by atoms with Gasteiger partial charge in [-0.2, -0.15) is 0 Å². The van der Waals surface area contributed by atoms with Gasteiger partial charge in [0.1, 0.15) is 12.4 Å². The zero-order valence-electron chi connectivity index (χ0n) is 22.5. The topological polar surface area (TPSA) is 50.8 Å². The highest BCUT2D eigenvalue weighted by Crippen LogP contribution is 2.25. The monoisotopic (exact) mass is 500 g/mol. The lowest BCUT2D eigenvalue weighted by atomic mass is 9.99. The standard InChI is InChI=1S/C32H40N2O3/c1-24(2)13-14-34-15-16-36-17-18-37-31-12-11-29(32(35)33-22-26-9-7-25(3)8-10-26)21-30(31)20-27-5-4-6-28(19-27)23-34/h4-12,19,21,24H,13-18,20,22-23H2,1-3H3,(H,33,35). The molecule has 5 heteroatoms. The molecule has 1 aliphatic heterocycles. The maximum absolute atomic E-state index is 13.0. The van der Waals surface area contributed by atoms with Crippen molar-refractivity contribution < 1.29 is 14.3 Å². The molecule has 0 aromatic heterocycles. The van der Waals surface area contributed by atoms with Crippen LogP contribution in [0.25, 0.3) is 0 Å². The van der Waals surface area contributed by atoms with Gasteiger partial charge in [-0.1, -0.05) is 67.9 Å². The molecular weight excluding hydrogens is 460 g/mol. The first-order valence-electron chi connectivity index (χ1n) is 13.4. The Morgan fingerprint density at radius 3 is 2.59 bits per heavy atom. The second kappa shape index (κ2) is 13.4. The van der Waals surface area contributed by atoms with Gasteiger partial charge in [-0.05, 0) is 66.3 Å². The number of rotatable bonds is 6. The molecule has 1 N–H and O–H groups in total. The van der Waals surface area contributed by atoms with Gasteiger partial charge in [0.25, 0.3) is 5.91 Å². The molecule has 3 aromatic carbocycles. The Labute approximate surface area is 221 Å². The van der Waals surface area contributed by atoms with Crippen LogP contribution in [0.1, 0.15) is 58.4 Å². The first kappa shape index (κ1) is 26.9. The van der Waals surface area contributed by atoms with E-state index in [1.807, 2.05) is 30.3 Å². The van der Waals surface area contributed by atoms with Crippen molar-refractivity contribution in [2.75, 3.05) is 32.9 Å². The van der Waals surface area contributed by atoms with Crippen molar-refractivity contribution in [2.45, 2.75) is 46.7 Å². The van der Waals surface area contributed by atoms with Gasteiger partial charge in [0.05, 0.1) is 13.2 Å². The van der Waals surface area contributed by atoms with E-state index in [2.05, 4.69) is 67.4 Å². The maximum Gasteiger partial charge on any atom is 0.251 e. The Bertz CT molecular complexity index is 1160. The third-order valence-corrected chi connectivity index (χ3v) is 6.75. The molecule has 0 unspecified atom stereocenters. The highest BCUT2D eigenvalue weighted by atomic mass is 16.5. The molecule has 0 radical (unpaired) electrons. The summed E-state index contributed by atoms with van der Waals surface area (Å²) in [6.45, 7) is 11.7. The molecule has 3 aromatic rings. The number of nitrogens with zero attached hydrogens (tertiary/aromatic N) is 1. The van der Waals surface area contributed by atoms with Crippen LogP contribution in [0.4, 0.5) is 0 Å². The number of hydrogen-bond acceptors (Lipinski definition) is 4. The third kappa shape index (κ3) is 8.44. The largest absolute Gasteiger partial charge is 0.491 e. The highest BCUT2D eigenvalue weighted by Gasteiger charge is 2.14. The molecule has 0 saturated carbocycles. The van der Waals surface area contributed by atoms with Gasteiger partial charge in [0.15, 0.2) is 0 Å². The van der Waals surface area contributed by atoms with Gasteiger partial charge in [-0.15, -0.1) is 0 Å². The fourth-order valence-corrected chi connectivity index (χ4v) is 4.52. The molecule has 4 rings (SSSR count). The smallest absolute Gasteiger partial charge is 0.251 e. The predicted octanol–water partition coefficient (Wildman–Crippen LogP) is 5.77. The summed E-state index contributed by atoms with van der Waals surface area (Å²) in [7, 11) is 0. The lowest BCUT2D eigenvalue weighted by Gasteiger charge is -2.24. The Hall–Kier alpha value is -3.15. The van der Waals surface area contributed by atoms with Crippen molar-refractivity contribution in [3.63, 3.8) is 0 Å². The van der Waals surface area contributed by atoms with Crippen molar-refractivity contribution in [3.05, 3.63) is 100 Å². The lowest BCUT2D eigenvalue weighted by molar-refractivity contribution is 0.0764. The molecular formula is C32H40N2O3. The molecule has 0 aliphatic carbocycles. The van der Waals surface area contributed by atoms with E-state index in [9.17, 15) is 4.79 Å². The molecule has 196 valence electrons. The third-order valence-electron chi connectivity index (χ3n) is 6.75. The van der Waals surface area contributed by atoms with E-state index >= 15 is 0 Å². The van der Waals surface area contributed by atoms with Crippen LogP contribution in [0, 0.1) is 12.8 Å². The molecule has 0 fully saturated rings. The van der Waals surface area contributed by atoms with Gasteiger partial charge in [-0.3, -0.25) is 9.69 Å². The zero-order valence-corrected chi connectivity index (χ0v) is 22.5. The summed E-state index contributed by atoms with van der Waals surface area (Å²) in [5, 5.41) is 3.05. The Balaban J connectivity index is 1.51. The van der Waals surface area contributed by atoms with Gasteiger partial charge < -0.3 is 14.8 Å². The molecule has 1 amide bonds. The summed E-state index contributed by atoms with van der Waals surface area (Å²) in [5.41, 5.74) is 6.46. The second-order valence-electron chi connectivity index (χ2n) is 10.4. The van der Waals surface area contributed by atoms with Crippen LogP contribution in [0.5, 0.6) is 5.75 Å². The fraction of sp³-hybridized carbons (Fsp3) is 0.406. The number of nitrogens with one attached hydrogen (secondary N) is 1. The first-order chi connectivity index (χ1) is 18.0. The van der Waals surface area contributed by atoms with Gasteiger partial charge >= 0.3 is 0 Å². The van der Waals surface area contributed by atoms with E-state index in [0.717, 1.165) is 36.5 Å². The summed E-state index contributed by atoms with van der Waals surface area (Å²) < 4.78 is 12.0. The van der Waals surface area contributed by atoms with Crippen molar-refractivity contribution in [3.8, 4) is 5.75 Å². The number of benzene rings is 3. The summed E-state index contributed by atoms with van der Waals surface area (Å²) in [4.78, 5) is 15.5. The van der Waals surface area contributed by atoms with E-state index in [4.69, 9.17) is 9.47 Å². The summed E-state index contributed by atoms with van der Waals surface area (Å²) in [6.07, 6.45) is 1.88. The second-order valence-corrected chi connectivity index (χ2v) is 10.4. The van der Waals surface area contributed by atoms with Crippen molar-refractivity contribution in [1.82, 2.24) is 10.2 Å². The van der Waals surface area contributed by atoms with Gasteiger partial charge in [-0.25, -0.2) is 0 Å². The van der Waals surface area contributed by atoms with Crippen molar-refractivity contribution in [1.29, 1.82) is 0 Å². The quantitative estimate of drug-likeness (QED) is 0.467. The van der Waals surface area contributed by atoms with E-state index in [1.165, 1.54) is 23.1 Å². The number of ether oxygens (including phenoxy) is 2.